The minimum absolute atomic E-state index is 0.0427. The van der Waals surface area contributed by atoms with Gasteiger partial charge in [0.1, 0.15) is 17.4 Å². The molecule has 3 rings (SSSR count). The highest BCUT2D eigenvalue weighted by Crippen LogP contribution is 2.42. The van der Waals surface area contributed by atoms with Gasteiger partial charge in [0.05, 0.1) is 5.92 Å². The number of allylic oxidation sites excluding steroid dienone is 3. The third-order valence-electron chi connectivity index (χ3n) is 3.54. The summed E-state index contributed by atoms with van der Waals surface area (Å²) in [6.45, 7) is 0. The fraction of sp³-hybridized carbons (Fsp3) is 0.286. The first-order valence-corrected chi connectivity index (χ1v) is 6.19. The number of nitrogens with one attached hydrogen (secondary N) is 1. The maximum absolute atomic E-state index is 12.2. The number of H-pyrrole nitrogens is 1. The van der Waals surface area contributed by atoms with E-state index in [-0.39, 0.29) is 11.7 Å². The lowest BCUT2D eigenvalue weighted by molar-refractivity contribution is -0.116. The highest BCUT2D eigenvalue weighted by Gasteiger charge is 2.38. The molecule has 1 aromatic heterocycles. The van der Waals surface area contributed by atoms with Crippen molar-refractivity contribution in [2.24, 2.45) is 5.73 Å². The molecule has 0 spiro atoms. The maximum Gasteiger partial charge on any atom is 0.205 e. The Morgan fingerprint density at radius 1 is 1.47 bits per heavy atom. The van der Waals surface area contributed by atoms with Crippen molar-refractivity contribution in [1.29, 1.82) is 5.26 Å². The minimum atomic E-state index is -0.420. The largest absolute Gasteiger partial charge is 0.444 e. The molecule has 0 bridgehead atoms. The quantitative estimate of drug-likeness (QED) is 0.800. The van der Waals surface area contributed by atoms with Crippen LogP contribution in [0.4, 0.5) is 0 Å². The fourth-order valence-corrected chi connectivity index (χ4v) is 2.69. The van der Waals surface area contributed by atoms with Gasteiger partial charge in [-0.3, -0.25) is 4.79 Å². The Labute approximate surface area is 110 Å². The highest BCUT2D eigenvalue weighted by molar-refractivity contribution is 5.99. The molecule has 1 aliphatic carbocycles. The third-order valence-corrected chi connectivity index (χ3v) is 3.54. The number of aromatic amines is 1. The number of nitrogens with two attached hydrogens (primary N) is 1. The lowest BCUT2D eigenvalue weighted by Crippen LogP contribution is -2.27. The monoisotopic (exact) mass is 255 g/mol. The highest BCUT2D eigenvalue weighted by atomic mass is 16.5. The van der Waals surface area contributed by atoms with E-state index < -0.39 is 5.92 Å². The van der Waals surface area contributed by atoms with Gasteiger partial charge < -0.3 is 15.5 Å². The van der Waals surface area contributed by atoms with E-state index in [2.05, 4.69) is 11.1 Å². The molecule has 2 aliphatic rings. The average molecular weight is 255 g/mol. The molecule has 0 unspecified atom stereocenters. The molecule has 1 aliphatic heterocycles. The molecule has 96 valence electrons. The van der Waals surface area contributed by atoms with E-state index in [1.807, 2.05) is 12.1 Å². The van der Waals surface area contributed by atoms with Crippen LogP contribution >= 0.6 is 0 Å². The molecule has 3 N–H and O–H groups in total. The van der Waals surface area contributed by atoms with Gasteiger partial charge in [-0.25, -0.2) is 0 Å². The van der Waals surface area contributed by atoms with E-state index in [0.717, 1.165) is 12.1 Å². The van der Waals surface area contributed by atoms with Crippen LogP contribution in [0.5, 0.6) is 0 Å². The first-order valence-electron chi connectivity index (χ1n) is 6.19. The number of aromatic nitrogens is 1. The van der Waals surface area contributed by atoms with Gasteiger partial charge in [-0.2, -0.15) is 5.26 Å². The molecule has 1 aromatic rings. The Bertz CT molecular complexity index is 632. The zero-order valence-electron chi connectivity index (χ0n) is 10.3. The number of hydrogen-bond donors (Lipinski definition) is 2. The van der Waals surface area contributed by atoms with E-state index in [9.17, 15) is 10.1 Å². The molecular formula is C14H13N3O2. The molecule has 5 heteroatoms. The van der Waals surface area contributed by atoms with Gasteiger partial charge in [-0.1, -0.05) is 0 Å². The normalized spacial score (nSPS) is 22.9. The summed E-state index contributed by atoms with van der Waals surface area (Å²) in [5, 5.41) is 9.29. The topological polar surface area (TPSA) is 91.9 Å². The molecule has 0 aromatic carbocycles. The van der Waals surface area contributed by atoms with Gasteiger partial charge in [-0.15, -0.1) is 0 Å². The van der Waals surface area contributed by atoms with Gasteiger partial charge in [0.25, 0.3) is 0 Å². The smallest absolute Gasteiger partial charge is 0.205 e. The number of hydrogen-bond acceptors (Lipinski definition) is 4. The van der Waals surface area contributed by atoms with Gasteiger partial charge in [0, 0.05) is 30.3 Å². The number of Topliss-reactive ketones (excluding diaryl/α,β-unsaturated/α-hetero) is 1. The summed E-state index contributed by atoms with van der Waals surface area (Å²) < 4.78 is 5.47. The number of rotatable bonds is 1. The number of carbonyl (C=O) groups excluding carboxylic acids is 1. The molecule has 2 heterocycles. The summed E-state index contributed by atoms with van der Waals surface area (Å²) in [6, 6.07) is 5.76. The van der Waals surface area contributed by atoms with E-state index >= 15 is 0 Å². The number of ketones is 1. The zero-order valence-corrected chi connectivity index (χ0v) is 10.3. The molecule has 5 nitrogen and oxygen atoms in total. The van der Waals surface area contributed by atoms with Crippen molar-refractivity contribution < 1.29 is 9.53 Å². The second kappa shape index (κ2) is 4.32. The number of carbonyl (C=O) groups is 1. The number of ether oxygens (including phenoxy) is 1. The molecule has 0 radical (unpaired) electrons. The van der Waals surface area contributed by atoms with Gasteiger partial charge in [-0.05, 0) is 18.6 Å². The van der Waals surface area contributed by atoms with Crippen LogP contribution in [0.25, 0.3) is 0 Å². The molecular weight excluding hydrogens is 242 g/mol. The summed E-state index contributed by atoms with van der Waals surface area (Å²) in [4.78, 5) is 15.2. The van der Waals surface area contributed by atoms with Crippen molar-refractivity contribution in [3.63, 3.8) is 0 Å². The summed E-state index contributed by atoms with van der Waals surface area (Å²) >= 11 is 0. The van der Waals surface area contributed by atoms with Crippen LogP contribution in [0.15, 0.2) is 41.1 Å². The first-order chi connectivity index (χ1) is 9.22. The van der Waals surface area contributed by atoms with E-state index in [1.165, 1.54) is 0 Å². The average Bonchev–Trinajstić information content (AvgIpc) is 2.91. The van der Waals surface area contributed by atoms with Gasteiger partial charge >= 0.3 is 0 Å². The van der Waals surface area contributed by atoms with Crippen molar-refractivity contribution in [2.75, 3.05) is 0 Å². The second-order valence-electron chi connectivity index (χ2n) is 4.66. The Morgan fingerprint density at radius 3 is 3.00 bits per heavy atom. The van der Waals surface area contributed by atoms with Crippen molar-refractivity contribution in [3.05, 3.63) is 46.8 Å². The molecule has 0 saturated carbocycles. The molecule has 0 fully saturated rings. The van der Waals surface area contributed by atoms with Gasteiger partial charge in [0.2, 0.25) is 5.88 Å². The van der Waals surface area contributed by atoms with Crippen LogP contribution < -0.4 is 5.73 Å². The summed E-state index contributed by atoms with van der Waals surface area (Å²) in [5.41, 5.74) is 7.50. The van der Waals surface area contributed by atoms with Crippen LogP contribution in [0.3, 0.4) is 0 Å². The van der Waals surface area contributed by atoms with Crippen LogP contribution in [-0.2, 0) is 9.53 Å². The van der Waals surface area contributed by atoms with Crippen LogP contribution in [0.1, 0.15) is 30.9 Å². The Hall–Kier alpha value is -2.48. The van der Waals surface area contributed by atoms with E-state index in [4.69, 9.17) is 10.5 Å². The maximum atomic E-state index is 12.2. The van der Waals surface area contributed by atoms with Crippen molar-refractivity contribution in [1.82, 2.24) is 4.98 Å². The Morgan fingerprint density at radius 2 is 2.32 bits per heavy atom. The molecule has 0 saturated heterocycles. The summed E-state index contributed by atoms with van der Waals surface area (Å²) in [6.07, 6.45) is 3.73. The summed E-state index contributed by atoms with van der Waals surface area (Å²) in [5.74, 6) is 0.348. The van der Waals surface area contributed by atoms with Crippen molar-refractivity contribution >= 4 is 5.78 Å². The second-order valence-corrected chi connectivity index (χ2v) is 4.66. The Kier molecular flexibility index (Phi) is 2.64. The Balaban J connectivity index is 2.18. The third kappa shape index (κ3) is 1.73. The van der Waals surface area contributed by atoms with Crippen LogP contribution in [0, 0.1) is 11.3 Å². The van der Waals surface area contributed by atoms with Crippen molar-refractivity contribution in [3.8, 4) is 6.07 Å². The van der Waals surface area contributed by atoms with E-state index in [1.54, 1.807) is 6.20 Å². The number of nitriles is 1. The SMILES string of the molecule is N#CC1=C(N)OC2=C(C(=O)CCC2)[C@@H]1c1ccc[nH]1. The lowest BCUT2D eigenvalue weighted by Gasteiger charge is -2.30. The fourth-order valence-electron chi connectivity index (χ4n) is 2.69. The van der Waals surface area contributed by atoms with Gasteiger partial charge in [0.15, 0.2) is 5.78 Å². The lowest BCUT2D eigenvalue weighted by atomic mass is 9.80. The van der Waals surface area contributed by atoms with Crippen LogP contribution in [-0.4, -0.2) is 10.8 Å². The van der Waals surface area contributed by atoms with Crippen molar-refractivity contribution in [2.45, 2.75) is 25.2 Å². The molecule has 0 amide bonds. The zero-order chi connectivity index (χ0) is 13.4. The number of nitrogens with zero attached hydrogens (tertiary/aromatic N) is 1. The minimum Gasteiger partial charge on any atom is -0.444 e. The predicted octanol–water partition coefficient (Wildman–Crippen LogP) is 1.83. The molecule has 19 heavy (non-hydrogen) atoms. The first kappa shape index (κ1) is 11.6. The summed E-state index contributed by atoms with van der Waals surface area (Å²) in [7, 11) is 0. The molecule has 1 atom stereocenters. The standard InChI is InChI=1S/C14H13N3O2/c15-7-8-12(9-3-2-6-17-9)13-10(18)4-1-5-11(13)19-14(8)16/h2-3,6,12,17H,1,4-5,16H2/t12-/m0/s1. The van der Waals surface area contributed by atoms with Crippen LogP contribution in [0.2, 0.25) is 0 Å². The predicted molar refractivity (Wildman–Crippen MR) is 67.3 cm³/mol. The van der Waals surface area contributed by atoms with E-state index in [0.29, 0.717) is 29.7 Å².